The predicted octanol–water partition coefficient (Wildman–Crippen LogP) is 17.1. The molecule has 0 aliphatic rings. The molecule has 294 valence electrons. The number of para-hydroxylation sites is 8. The van der Waals surface area contributed by atoms with E-state index in [9.17, 15) is 0 Å². The zero-order valence-corrected chi connectivity index (χ0v) is 38.0. The van der Waals surface area contributed by atoms with Crippen LogP contribution in [0.15, 0.2) is 243 Å². The molecule has 7 heteroatoms. The first-order valence-corrected chi connectivity index (χ1v) is 19.1. The smallest absolute Gasteiger partial charge is 0.658 e. The standard InChI is InChI=1S/4C12H10N.C4H10O.2Nb/c4*1-3-7-11(8-4-1)13-12-9-5-2-6-10-12;1-3-5-4-2;;/h4*1-10H;3-4H2,1-2H3;;/q4*-1;;2*+2. The van der Waals surface area contributed by atoms with Gasteiger partial charge in [-0.05, 0) is 13.8 Å². The second kappa shape index (κ2) is 32.4. The molecule has 5 nitrogen and oxygen atoms in total. The van der Waals surface area contributed by atoms with Gasteiger partial charge in [-0.15, -0.1) is 45.5 Å². The Balaban J connectivity index is 0.000000258. The van der Waals surface area contributed by atoms with Crippen LogP contribution in [0.2, 0.25) is 0 Å². The first kappa shape index (κ1) is 49.5. The van der Waals surface area contributed by atoms with E-state index < -0.39 is 0 Å². The van der Waals surface area contributed by atoms with Crippen LogP contribution in [-0.2, 0) is 49.5 Å². The minimum absolute atomic E-state index is 0. The van der Waals surface area contributed by atoms with Crippen LogP contribution < -0.4 is 0 Å². The summed E-state index contributed by atoms with van der Waals surface area (Å²) in [4.78, 5) is 0. The second-order valence-electron chi connectivity index (χ2n) is 11.9. The molecule has 0 spiro atoms. The van der Waals surface area contributed by atoms with Crippen LogP contribution >= 0.6 is 0 Å². The third kappa shape index (κ3) is 22.8. The molecule has 0 unspecified atom stereocenters. The van der Waals surface area contributed by atoms with Gasteiger partial charge in [0.25, 0.3) is 0 Å². The third-order valence-electron chi connectivity index (χ3n) is 7.49. The van der Waals surface area contributed by atoms with Crippen molar-refractivity contribution in [3.05, 3.63) is 264 Å². The van der Waals surface area contributed by atoms with Crippen LogP contribution in [0, 0.1) is 0 Å². The summed E-state index contributed by atoms with van der Waals surface area (Å²) < 4.78 is 4.83. The zero-order valence-electron chi connectivity index (χ0n) is 33.6. The van der Waals surface area contributed by atoms with Gasteiger partial charge in [0.15, 0.2) is 0 Å². The Kier molecular flexibility index (Phi) is 27.2. The molecule has 8 aromatic rings. The summed E-state index contributed by atoms with van der Waals surface area (Å²) >= 11 is 0. The summed E-state index contributed by atoms with van der Waals surface area (Å²) in [5.74, 6) is 0. The van der Waals surface area contributed by atoms with Crippen LogP contribution in [0.4, 0.5) is 45.5 Å². The minimum Gasteiger partial charge on any atom is -0.658 e. The molecule has 0 fully saturated rings. The molecule has 0 saturated heterocycles. The Morgan fingerprint density at radius 2 is 0.356 bits per heavy atom. The van der Waals surface area contributed by atoms with Gasteiger partial charge in [0.1, 0.15) is 0 Å². The van der Waals surface area contributed by atoms with Gasteiger partial charge in [-0.25, -0.2) is 0 Å². The number of rotatable bonds is 10. The van der Waals surface area contributed by atoms with Crippen LogP contribution in [0.25, 0.3) is 21.3 Å². The van der Waals surface area contributed by atoms with Gasteiger partial charge in [-0.3, -0.25) is 0 Å². The topological polar surface area (TPSA) is 65.6 Å². The van der Waals surface area contributed by atoms with Crippen LogP contribution in [0.1, 0.15) is 13.8 Å². The molecule has 0 aliphatic carbocycles. The monoisotopic (exact) mass is 932 g/mol. The molecule has 0 N–H and O–H groups in total. The van der Waals surface area contributed by atoms with Crippen molar-refractivity contribution in [2.24, 2.45) is 0 Å². The SMILES string of the molecule is CCOCC.[Nb+2].[Nb+2].c1ccc([N-]c2ccccc2)cc1.c1ccc([N-]c2ccccc2)cc1.c1ccc([N-]c2ccccc2)cc1.c1ccc([N-]c2ccccc2)cc1. The van der Waals surface area contributed by atoms with E-state index in [0.29, 0.717) is 0 Å². The quantitative estimate of drug-likeness (QED) is 0.126. The minimum atomic E-state index is 0. The van der Waals surface area contributed by atoms with Gasteiger partial charge in [0.05, 0.1) is 0 Å². The normalized spacial score (nSPS) is 9.12. The van der Waals surface area contributed by atoms with Crippen LogP contribution in [-0.4, -0.2) is 13.2 Å². The molecule has 8 aromatic carbocycles. The van der Waals surface area contributed by atoms with Crippen molar-refractivity contribution in [1.82, 2.24) is 0 Å². The fourth-order valence-corrected chi connectivity index (χ4v) is 4.82. The fourth-order valence-electron chi connectivity index (χ4n) is 4.82. The summed E-state index contributed by atoms with van der Waals surface area (Å²) in [7, 11) is 0. The molecule has 8 rings (SSSR count). The average molecular weight is 933 g/mol. The van der Waals surface area contributed by atoms with Gasteiger partial charge < -0.3 is 26.0 Å². The Morgan fingerprint density at radius 1 is 0.237 bits per heavy atom. The maximum absolute atomic E-state index is 4.83. The molecular weight excluding hydrogens is 882 g/mol. The number of nitrogens with zero attached hydrogens (tertiary/aromatic N) is 4. The maximum Gasteiger partial charge on any atom is 2.00 e. The van der Waals surface area contributed by atoms with Crippen LogP contribution in [0.3, 0.4) is 0 Å². The van der Waals surface area contributed by atoms with E-state index in [4.69, 9.17) is 4.74 Å². The van der Waals surface area contributed by atoms with E-state index in [1.54, 1.807) is 0 Å². The molecule has 0 aliphatic heterocycles. The molecule has 0 atom stereocenters. The van der Waals surface area contributed by atoms with Crippen molar-refractivity contribution in [2.75, 3.05) is 13.2 Å². The van der Waals surface area contributed by atoms with Gasteiger partial charge in [-0.2, -0.15) is 0 Å². The van der Waals surface area contributed by atoms with Gasteiger partial charge in [0, 0.05) is 13.2 Å². The average Bonchev–Trinajstić information content (AvgIpc) is 3.28. The Bertz CT molecular complexity index is 1640. The largest absolute Gasteiger partial charge is 2.00 e. The molecule has 0 bridgehead atoms. The number of benzene rings is 8. The van der Waals surface area contributed by atoms with Crippen molar-refractivity contribution in [2.45, 2.75) is 13.8 Å². The van der Waals surface area contributed by atoms with Gasteiger partial charge in [0.2, 0.25) is 0 Å². The van der Waals surface area contributed by atoms with Crippen molar-refractivity contribution >= 4 is 45.5 Å². The fraction of sp³-hybridized carbons (Fsp3) is 0.0769. The van der Waals surface area contributed by atoms with E-state index in [-0.39, 0.29) is 44.8 Å². The molecule has 2 radical (unpaired) electrons. The zero-order chi connectivity index (χ0) is 39.9. The van der Waals surface area contributed by atoms with Crippen LogP contribution in [0.5, 0.6) is 0 Å². The number of ether oxygens (including phenoxy) is 1. The van der Waals surface area contributed by atoms with Crippen molar-refractivity contribution < 1.29 is 49.5 Å². The first-order chi connectivity index (χ1) is 28.2. The van der Waals surface area contributed by atoms with E-state index in [1.807, 2.05) is 257 Å². The molecule has 0 saturated carbocycles. The van der Waals surface area contributed by atoms with Crippen molar-refractivity contribution in [3.63, 3.8) is 0 Å². The maximum atomic E-state index is 4.83. The van der Waals surface area contributed by atoms with Crippen molar-refractivity contribution in [1.29, 1.82) is 0 Å². The second-order valence-corrected chi connectivity index (χ2v) is 11.9. The van der Waals surface area contributed by atoms with E-state index in [0.717, 1.165) is 58.7 Å². The first-order valence-electron chi connectivity index (χ1n) is 19.1. The number of hydrogen-bond acceptors (Lipinski definition) is 1. The summed E-state index contributed by atoms with van der Waals surface area (Å²) in [5.41, 5.74) is 7.95. The van der Waals surface area contributed by atoms with Gasteiger partial charge in [-0.1, -0.05) is 243 Å². The van der Waals surface area contributed by atoms with Gasteiger partial charge >= 0.3 is 44.8 Å². The number of hydrogen-bond donors (Lipinski definition) is 0. The molecule has 0 heterocycles. The van der Waals surface area contributed by atoms with Crippen molar-refractivity contribution in [3.8, 4) is 0 Å². The molecule has 0 aromatic heterocycles. The summed E-state index contributed by atoms with van der Waals surface area (Å²) in [6.45, 7) is 5.67. The molecule has 59 heavy (non-hydrogen) atoms. The van der Waals surface area contributed by atoms with E-state index in [1.165, 1.54) is 0 Å². The summed E-state index contributed by atoms with van der Waals surface area (Å²) in [5, 5.41) is 17.8. The van der Waals surface area contributed by atoms with E-state index >= 15 is 0 Å². The molecular formula is C52H50N4Nb2O. The van der Waals surface area contributed by atoms with E-state index in [2.05, 4.69) is 21.3 Å². The Morgan fingerprint density at radius 3 is 0.441 bits per heavy atom. The summed E-state index contributed by atoms with van der Waals surface area (Å²) in [6, 6.07) is 79.6. The predicted molar refractivity (Wildman–Crippen MR) is 244 cm³/mol. The Hall–Kier alpha value is -5.60. The molecule has 0 amide bonds. The summed E-state index contributed by atoms with van der Waals surface area (Å²) in [6.07, 6.45) is 0. The Labute approximate surface area is 383 Å². The third-order valence-corrected chi connectivity index (χ3v) is 7.49.